The molecule has 2 aliphatic heterocycles. The molecule has 0 aliphatic carbocycles. The van der Waals surface area contributed by atoms with Crippen molar-refractivity contribution in [3.63, 3.8) is 0 Å². The Labute approximate surface area is 104 Å². The maximum atomic E-state index is 12.0. The topological polar surface area (TPSA) is 72.2 Å². The first-order valence-electron chi connectivity index (χ1n) is 5.59. The van der Waals surface area contributed by atoms with Crippen molar-refractivity contribution in [2.45, 2.75) is 6.10 Å². The number of carbonyl (C=O) groups is 1. The van der Waals surface area contributed by atoms with E-state index in [0.29, 0.717) is 11.3 Å². The molecule has 0 radical (unpaired) electrons. The normalized spacial score (nSPS) is 30.1. The van der Waals surface area contributed by atoms with Crippen LogP contribution in [0.25, 0.3) is 0 Å². The van der Waals surface area contributed by atoms with Gasteiger partial charge < -0.3 is 9.47 Å². The molecule has 2 aliphatic rings. The second-order valence-corrected chi connectivity index (χ2v) is 4.19. The monoisotopic (exact) mass is 242 g/mol. The largest absolute Gasteiger partial charge is 0.460 e. The van der Waals surface area contributed by atoms with E-state index in [9.17, 15) is 10.1 Å². The van der Waals surface area contributed by atoms with Gasteiger partial charge >= 0.3 is 5.97 Å². The molecule has 0 bridgehead atoms. The van der Waals surface area contributed by atoms with Crippen LogP contribution >= 0.6 is 0 Å². The zero-order valence-corrected chi connectivity index (χ0v) is 9.50. The molecule has 3 heterocycles. The number of hydrogen-bond acceptors (Lipinski definition) is 5. The van der Waals surface area contributed by atoms with Crippen LogP contribution in [0.3, 0.4) is 0 Å². The van der Waals surface area contributed by atoms with Crippen molar-refractivity contribution in [2.75, 3.05) is 13.2 Å². The molecule has 1 saturated heterocycles. The van der Waals surface area contributed by atoms with Gasteiger partial charge in [-0.15, -0.1) is 0 Å². The number of cyclic esters (lactones) is 1. The fourth-order valence-electron chi connectivity index (χ4n) is 2.38. The fraction of sp³-hybridized carbons (Fsp3) is 0.308. The summed E-state index contributed by atoms with van der Waals surface area (Å²) >= 11 is 0. The number of aromatic nitrogens is 1. The average Bonchev–Trinajstić information content (AvgIpc) is 2.81. The quantitative estimate of drug-likeness (QED) is 0.545. The van der Waals surface area contributed by atoms with E-state index in [4.69, 9.17) is 9.47 Å². The van der Waals surface area contributed by atoms with Gasteiger partial charge in [-0.05, 0) is 23.8 Å². The number of esters is 1. The number of pyridine rings is 1. The Kier molecular flexibility index (Phi) is 2.39. The zero-order chi connectivity index (χ0) is 12.6. The van der Waals surface area contributed by atoms with Crippen molar-refractivity contribution in [1.82, 2.24) is 4.98 Å². The first kappa shape index (κ1) is 10.9. The van der Waals surface area contributed by atoms with Crippen LogP contribution in [0.2, 0.25) is 0 Å². The molecule has 3 rings (SSSR count). The van der Waals surface area contributed by atoms with Crippen LogP contribution in [-0.4, -0.2) is 24.2 Å². The van der Waals surface area contributed by atoms with Gasteiger partial charge in [-0.1, -0.05) is 6.07 Å². The minimum absolute atomic E-state index is 0.204. The molecule has 1 aromatic heterocycles. The molecule has 1 aromatic rings. The highest BCUT2D eigenvalue weighted by atomic mass is 16.5. The number of carbonyl (C=O) groups excluding carboxylic acids is 1. The van der Waals surface area contributed by atoms with Crippen LogP contribution in [0.1, 0.15) is 11.8 Å². The summed E-state index contributed by atoms with van der Waals surface area (Å²) in [6.07, 6.45) is 2.66. The lowest BCUT2D eigenvalue weighted by Crippen LogP contribution is -2.38. The van der Waals surface area contributed by atoms with E-state index in [1.807, 2.05) is 0 Å². The van der Waals surface area contributed by atoms with Gasteiger partial charge in [0, 0.05) is 6.20 Å². The van der Waals surface area contributed by atoms with E-state index < -0.39 is 17.5 Å². The van der Waals surface area contributed by atoms with Gasteiger partial charge in [0.25, 0.3) is 0 Å². The van der Waals surface area contributed by atoms with Crippen molar-refractivity contribution < 1.29 is 14.3 Å². The van der Waals surface area contributed by atoms with Crippen LogP contribution in [0.5, 0.6) is 0 Å². The van der Waals surface area contributed by atoms with Gasteiger partial charge in [0.05, 0.1) is 18.4 Å². The molecule has 1 fully saturated rings. The first-order valence-corrected chi connectivity index (χ1v) is 5.59. The summed E-state index contributed by atoms with van der Waals surface area (Å²) in [4.78, 5) is 16.2. The smallest absolute Gasteiger partial charge is 0.334 e. The third-order valence-electron chi connectivity index (χ3n) is 3.30. The fourth-order valence-corrected chi connectivity index (χ4v) is 2.38. The molecular formula is C13H10N2O3. The van der Waals surface area contributed by atoms with E-state index in [1.54, 1.807) is 30.5 Å². The third kappa shape index (κ3) is 1.30. The lowest BCUT2D eigenvalue weighted by atomic mass is 9.76. The SMILES string of the molecule is N#CC12C(=O)OCC=C1COC2c1ccccn1. The summed E-state index contributed by atoms with van der Waals surface area (Å²) < 4.78 is 10.6. The zero-order valence-electron chi connectivity index (χ0n) is 9.50. The van der Waals surface area contributed by atoms with Gasteiger partial charge in [0.1, 0.15) is 12.7 Å². The molecule has 5 heteroatoms. The molecule has 2 atom stereocenters. The Morgan fingerprint density at radius 3 is 3.11 bits per heavy atom. The molecule has 0 amide bonds. The maximum Gasteiger partial charge on any atom is 0.334 e. The average molecular weight is 242 g/mol. The Morgan fingerprint density at radius 2 is 2.39 bits per heavy atom. The van der Waals surface area contributed by atoms with Crippen molar-refractivity contribution in [3.8, 4) is 6.07 Å². The third-order valence-corrected chi connectivity index (χ3v) is 3.30. The number of fused-ring (bicyclic) bond motifs is 1. The van der Waals surface area contributed by atoms with Gasteiger partial charge in [-0.2, -0.15) is 5.26 Å². The second-order valence-electron chi connectivity index (χ2n) is 4.19. The van der Waals surface area contributed by atoms with Gasteiger partial charge in [0.2, 0.25) is 5.41 Å². The Hall–Kier alpha value is -2.19. The van der Waals surface area contributed by atoms with Crippen LogP contribution in [-0.2, 0) is 14.3 Å². The lowest BCUT2D eigenvalue weighted by Gasteiger charge is -2.28. The van der Waals surface area contributed by atoms with E-state index in [1.165, 1.54) is 0 Å². The van der Waals surface area contributed by atoms with Gasteiger partial charge in [-0.3, -0.25) is 4.98 Å². The summed E-state index contributed by atoms with van der Waals surface area (Å²) in [5.41, 5.74) is -0.120. The summed E-state index contributed by atoms with van der Waals surface area (Å²) in [6.45, 7) is 0.472. The second kappa shape index (κ2) is 3.93. The summed E-state index contributed by atoms with van der Waals surface area (Å²) in [7, 11) is 0. The highest BCUT2D eigenvalue weighted by molar-refractivity contribution is 5.87. The first-order chi connectivity index (χ1) is 8.79. The maximum absolute atomic E-state index is 12.0. The van der Waals surface area contributed by atoms with Gasteiger partial charge in [-0.25, -0.2) is 4.79 Å². The van der Waals surface area contributed by atoms with Crippen LogP contribution in [0, 0.1) is 16.7 Å². The number of ether oxygens (including phenoxy) is 2. The predicted octanol–water partition coefficient (Wildman–Crippen LogP) is 1.15. The van der Waals surface area contributed by atoms with Crippen molar-refractivity contribution in [3.05, 3.63) is 41.7 Å². The standard InChI is InChI=1S/C13H10N2O3/c14-8-13-9(4-6-17-12(13)16)7-18-11(13)10-3-1-2-5-15-10/h1-5,11H,6-7H2. The Balaban J connectivity index is 2.13. The minimum atomic E-state index is -1.37. The molecular weight excluding hydrogens is 232 g/mol. The number of nitriles is 1. The number of rotatable bonds is 1. The van der Waals surface area contributed by atoms with Crippen LogP contribution in [0.4, 0.5) is 0 Å². The minimum Gasteiger partial charge on any atom is -0.460 e. The van der Waals surface area contributed by atoms with Crippen LogP contribution < -0.4 is 0 Å². The van der Waals surface area contributed by atoms with Crippen molar-refractivity contribution in [1.29, 1.82) is 5.26 Å². The number of nitrogens with zero attached hydrogens (tertiary/aromatic N) is 2. The lowest BCUT2D eigenvalue weighted by molar-refractivity contribution is -0.153. The molecule has 2 unspecified atom stereocenters. The summed E-state index contributed by atoms with van der Waals surface area (Å²) in [5, 5.41) is 9.45. The molecule has 5 nitrogen and oxygen atoms in total. The van der Waals surface area contributed by atoms with Gasteiger partial charge in [0.15, 0.2) is 0 Å². The predicted molar refractivity (Wildman–Crippen MR) is 60.0 cm³/mol. The van der Waals surface area contributed by atoms with E-state index in [2.05, 4.69) is 11.1 Å². The summed E-state index contributed by atoms with van der Waals surface area (Å²) in [6, 6.07) is 7.38. The Morgan fingerprint density at radius 1 is 1.50 bits per heavy atom. The van der Waals surface area contributed by atoms with Crippen LogP contribution in [0.15, 0.2) is 36.0 Å². The molecule has 0 spiro atoms. The van der Waals surface area contributed by atoms with E-state index >= 15 is 0 Å². The molecule has 0 saturated carbocycles. The molecule has 0 N–H and O–H groups in total. The molecule has 18 heavy (non-hydrogen) atoms. The van der Waals surface area contributed by atoms with E-state index in [0.717, 1.165) is 0 Å². The van der Waals surface area contributed by atoms with E-state index in [-0.39, 0.29) is 13.2 Å². The number of hydrogen-bond donors (Lipinski definition) is 0. The highest BCUT2D eigenvalue weighted by Gasteiger charge is 2.58. The van der Waals surface area contributed by atoms with Crippen molar-refractivity contribution >= 4 is 5.97 Å². The van der Waals surface area contributed by atoms with Crippen molar-refractivity contribution in [2.24, 2.45) is 5.41 Å². The summed E-state index contributed by atoms with van der Waals surface area (Å²) in [5.74, 6) is -0.546. The Bertz CT molecular complexity index is 561. The highest BCUT2D eigenvalue weighted by Crippen LogP contribution is 2.49. The molecule has 0 aromatic carbocycles. The molecule has 90 valence electrons.